The molecule has 3 aromatic carbocycles. The van der Waals surface area contributed by atoms with E-state index in [1.807, 2.05) is 66.7 Å². The van der Waals surface area contributed by atoms with E-state index in [1.54, 1.807) is 24.3 Å². The van der Waals surface area contributed by atoms with Gasteiger partial charge in [0.15, 0.2) is 0 Å². The van der Waals surface area contributed by atoms with Crippen molar-refractivity contribution in [2.45, 2.75) is 36.4 Å². The summed E-state index contributed by atoms with van der Waals surface area (Å²) in [7, 11) is -0.140. The number of hydrogen-bond acceptors (Lipinski definition) is 6. The quantitative estimate of drug-likeness (QED) is 0.353. The van der Waals surface area contributed by atoms with Crippen LogP contribution < -0.4 is 10.6 Å². The number of carbonyl (C=O) groups is 3. The number of ether oxygens (including phenoxy) is 2. The predicted octanol–water partition coefficient (Wildman–Crippen LogP) is 3.38. The first-order valence-corrected chi connectivity index (χ1v) is 13.1. The molecular formula is C28H30N2O6S. The Kier molecular flexibility index (Phi) is 10.9. The SMILES string of the molecule is COC(=O)[C@H](CC[S@@](=O)c1ccccc1)NC(=O)[C@H](Cc1ccccc1)NC(=O)OCc1ccccc1. The molecule has 0 unspecified atom stereocenters. The zero-order valence-corrected chi connectivity index (χ0v) is 21.3. The second-order valence-electron chi connectivity index (χ2n) is 8.18. The molecule has 9 heteroatoms. The van der Waals surface area contributed by atoms with Gasteiger partial charge in [-0.25, -0.2) is 9.59 Å². The molecule has 3 atom stereocenters. The average molecular weight is 523 g/mol. The van der Waals surface area contributed by atoms with E-state index in [0.29, 0.717) is 4.90 Å². The Morgan fingerprint density at radius 3 is 1.95 bits per heavy atom. The van der Waals surface area contributed by atoms with E-state index in [4.69, 9.17) is 9.47 Å². The number of benzene rings is 3. The Labute approximate surface area is 218 Å². The molecule has 0 aliphatic heterocycles. The van der Waals surface area contributed by atoms with Gasteiger partial charge in [-0.05, 0) is 29.7 Å². The number of nitrogens with one attached hydrogen (secondary N) is 2. The first kappa shape index (κ1) is 27.6. The Morgan fingerprint density at radius 1 is 0.784 bits per heavy atom. The summed E-state index contributed by atoms with van der Waals surface area (Å²) < 4.78 is 22.8. The van der Waals surface area contributed by atoms with Crippen LogP contribution in [0.1, 0.15) is 17.5 Å². The van der Waals surface area contributed by atoms with Gasteiger partial charge in [-0.3, -0.25) is 9.00 Å². The van der Waals surface area contributed by atoms with Crippen LogP contribution in [0.25, 0.3) is 0 Å². The molecule has 0 bridgehead atoms. The lowest BCUT2D eigenvalue weighted by molar-refractivity contribution is -0.145. The van der Waals surface area contributed by atoms with E-state index in [-0.39, 0.29) is 25.2 Å². The molecule has 0 aromatic heterocycles. The average Bonchev–Trinajstić information content (AvgIpc) is 2.94. The normalized spacial score (nSPS) is 13.0. The summed E-state index contributed by atoms with van der Waals surface area (Å²) in [5.41, 5.74) is 1.62. The third kappa shape index (κ3) is 9.20. The van der Waals surface area contributed by atoms with E-state index in [1.165, 1.54) is 7.11 Å². The van der Waals surface area contributed by atoms with Crippen molar-refractivity contribution in [3.63, 3.8) is 0 Å². The molecule has 0 spiro atoms. The Bertz CT molecular complexity index is 1180. The highest BCUT2D eigenvalue weighted by atomic mass is 32.2. The van der Waals surface area contributed by atoms with Crippen LogP contribution in [-0.2, 0) is 42.9 Å². The molecule has 2 N–H and O–H groups in total. The summed E-state index contributed by atoms with van der Waals surface area (Å²) in [5, 5.41) is 5.26. The van der Waals surface area contributed by atoms with E-state index in [9.17, 15) is 18.6 Å². The first-order chi connectivity index (χ1) is 18.0. The molecule has 0 saturated carbocycles. The number of methoxy groups -OCH3 is 1. The Hall–Kier alpha value is -3.98. The zero-order chi connectivity index (χ0) is 26.5. The fourth-order valence-corrected chi connectivity index (χ4v) is 4.69. The molecular weight excluding hydrogens is 492 g/mol. The second-order valence-corrected chi connectivity index (χ2v) is 9.75. The molecule has 3 aromatic rings. The summed E-state index contributed by atoms with van der Waals surface area (Å²) >= 11 is 0. The predicted molar refractivity (Wildman–Crippen MR) is 140 cm³/mol. The highest BCUT2D eigenvalue weighted by molar-refractivity contribution is 7.85. The van der Waals surface area contributed by atoms with Crippen molar-refractivity contribution in [3.05, 3.63) is 102 Å². The van der Waals surface area contributed by atoms with Gasteiger partial charge in [0.25, 0.3) is 0 Å². The van der Waals surface area contributed by atoms with Crippen molar-refractivity contribution < 1.29 is 28.1 Å². The minimum absolute atomic E-state index is 0.0441. The van der Waals surface area contributed by atoms with Crippen LogP contribution in [0.3, 0.4) is 0 Å². The van der Waals surface area contributed by atoms with Crippen LogP contribution in [-0.4, -0.2) is 47.1 Å². The van der Waals surface area contributed by atoms with E-state index in [0.717, 1.165) is 11.1 Å². The fraction of sp³-hybridized carbons (Fsp3) is 0.250. The molecule has 194 valence electrons. The fourth-order valence-electron chi connectivity index (χ4n) is 3.54. The number of rotatable bonds is 12. The molecule has 3 rings (SSSR count). The molecule has 8 nitrogen and oxygen atoms in total. The van der Waals surface area contributed by atoms with Gasteiger partial charge >= 0.3 is 12.1 Å². The van der Waals surface area contributed by atoms with Crippen LogP contribution in [0.15, 0.2) is 95.9 Å². The molecule has 0 heterocycles. The van der Waals surface area contributed by atoms with Crippen molar-refractivity contribution in [1.82, 2.24) is 10.6 Å². The molecule has 0 saturated heterocycles. The van der Waals surface area contributed by atoms with Crippen LogP contribution >= 0.6 is 0 Å². The monoisotopic (exact) mass is 522 g/mol. The third-order valence-corrected chi connectivity index (χ3v) is 6.91. The van der Waals surface area contributed by atoms with Gasteiger partial charge < -0.3 is 20.1 Å². The van der Waals surface area contributed by atoms with Crippen LogP contribution in [0.5, 0.6) is 0 Å². The molecule has 2 amide bonds. The second kappa shape index (κ2) is 14.5. The largest absolute Gasteiger partial charge is 0.467 e. The smallest absolute Gasteiger partial charge is 0.408 e. The van der Waals surface area contributed by atoms with Crippen molar-refractivity contribution >= 4 is 28.8 Å². The van der Waals surface area contributed by atoms with Gasteiger partial charge in [0.05, 0.1) is 17.9 Å². The summed E-state index contributed by atoms with van der Waals surface area (Å²) in [6, 6.07) is 25.1. The summed E-state index contributed by atoms with van der Waals surface area (Å²) in [4.78, 5) is 38.8. The highest BCUT2D eigenvalue weighted by Crippen LogP contribution is 2.10. The van der Waals surface area contributed by atoms with Gasteiger partial charge in [-0.1, -0.05) is 78.9 Å². The lowest BCUT2D eigenvalue weighted by Crippen LogP contribution is -2.53. The Morgan fingerprint density at radius 2 is 1.35 bits per heavy atom. The van der Waals surface area contributed by atoms with Crippen LogP contribution in [0, 0.1) is 0 Å². The number of amides is 2. The summed E-state index contributed by atoms with van der Waals surface area (Å²) in [5.74, 6) is -1.11. The minimum Gasteiger partial charge on any atom is -0.467 e. The first-order valence-electron chi connectivity index (χ1n) is 11.8. The van der Waals surface area contributed by atoms with Crippen molar-refractivity contribution in [1.29, 1.82) is 0 Å². The molecule has 37 heavy (non-hydrogen) atoms. The van der Waals surface area contributed by atoms with Gasteiger partial charge in [-0.2, -0.15) is 0 Å². The van der Waals surface area contributed by atoms with Crippen LogP contribution in [0.2, 0.25) is 0 Å². The molecule has 0 radical (unpaired) electrons. The number of carbonyl (C=O) groups excluding carboxylic acids is 3. The third-order valence-electron chi connectivity index (χ3n) is 5.50. The van der Waals surface area contributed by atoms with Gasteiger partial charge in [0.1, 0.15) is 18.7 Å². The molecule has 0 aliphatic carbocycles. The maximum atomic E-state index is 13.2. The number of esters is 1. The van der Waals surface area contributed by atoms with Gasteiger partial charge in [0.2, 0.25) is 5.91 Å². The lowest BCUT2D eigenvalue weighted by atomic mass is 10.0. The van der Waals surface area contributed by atoms with Gasteiger partial charge in [-0.15, -0.1) is 0 Å². The van der Waals surface area contributed by atoms with Crippen LogP contribution in [0.4, 0.5) is 4.79 Å². The Balaban J connectivity index is 1.67. The summed E-state index contributed by atoms with van der Waals surface area (Å²) in [6.45, 7) is 0.0441. The number of hydrogen-bond donors (Lipinski definition) is 2. The van der Waals surface area contributed by atoms with E-state index < -0.39 is 40.9 Å². The molecule has 0 aliphatic rings. The lowest BCUT2D eigenvalue weighted by Gasteiger charge is -2.22. The maximum absolute atomic E-state index is 13.2. The molecule has 0 fully saturated rings. The van der Waals surface area contributed by atoms with Gasteiger partial charge in [0, 0.05) is 17.1 Å². The van der Waals surface area contributed by atoms with E-state index >= 15 is 0 Å². The topological polar surface area (TPSA) is 111 Å². The standard InChI is InChI=1S/C28H30N2O6S/c1-35-27(32)24(17-18-37(34)23-15-9-4-10-16-23)29-26(31)25(19-21-11-5-2-6-12-21)30-28(33)36-20-22-13-7-3-8-14-22/h2-16,24-25H,17-20H2,1H3,(H,29,31)(H,30,33)/t24-,25-,37+/m0/s1. The highest BCUT2D eigenvalue weighted by Gasteiger charge is 2.28. The minimum atomic E-state index is -1.36. The van der Waals surface area contributed by atoms with E-state index in [2.05, 4.69) is 10.6 Å². The van der Waals surface area contributed by atoms with Crippen molar-refractivity contribution in [2.75, 3.05) is 12.9 Å². The zero-order valence-electron chi connectivity index (χ0n) is 20.5. The number of alkyl carbamates (subject to hydrolysis) is 1. The summed E-state index contributed by atoms with van der Waals surface area (Å²) in [6.07, 6.45) is -0.493. The maximum Gasteiger partial charge on any atom is 0.408 e. The van der Waals surface area contributed by atoms with Crippen molar-refractivity contribution in [2.24, 2.45) is 0 Å². The van der Waals surface area contributed by atoms with Crippen molar-refractivity contribution in [3.8, 4) is 0 Å².